The van der Waals surface area contributed by atoms with E-state index in [0.29, 0.717) is 5.69 Å². The van der Waals surface area contributed by atoms with Crippen LogP contribution in [0.2, 0.25) is 0 Å². The maximum absolute atomic E-state index is 11.9. The van der Waals surface area contributed by atoms with Gasteiger partial charge in [-0.05, 0) is 12.5 Å². The van der Waals surface area contributed by atoms with Crippen LogP contribution < -0.4 is 0 Å². The second-order valence-electron chi connectivity index (χ2n) is 4.14. The van der Waals surface area contributed by atoms with E-state index in [1.807, 2.05) is 32.2 Å². The van der Waals surface area contributed by atoms with Gasteiger partial charge in [0.1, 0.15) is 0 Å². The Balaban J connectivity index is 2.74. The first-order chi connectivity index (χ1) is 7.52. The number of fused-ring (bicyclic) bond motifs is 1. The van der Waals surface area contributed by atoms with Crippen molar-refractivity contribution in [2.75, 3.05) is 14.1 Å². The van der Waals surface area contributed by atoms with Crippen LogP contribution in [0.15, 0.2) is 18.2 Å². The average molecular weight is 217 g/mol. The largest absolute Gasteiger partial charge is 0.343 e. The zero-order valence-electron chi connectivity index (χ0n) is 9.98. The minimum Gasteiger partial charge on any atom is -0.343 e. The van der Waals surface area contributed by atoms with Crippen LogP contribution >= 0.6 is 0 Å². The summed E-state index contributed by atoms with van der Waals surface area (Å²) in [7, 11) is 5.33. The number of aryl methyl sites for hydroxylation is 2. The lowest BCUT2D eigenvalue weighted by molar-refractivity contribution is 0.0823. The summed E-state index contributed by atoms with van der Waals surface area (Å²) in [5.41, 5.74) is 2.67. The molecule has 1 heterocycles. The molecule has 0 radical (unpaired) electrons. The molecule has 16 heavy (non-hydrogen) atoms. The van der Waals surface area contributed by atoms with Gasteiger partial charge in [-0.2, -0.15) is 5.10 Å². The molecule has 2 aromatic rings. The van der Waals surface area contributed by atoms with Gasteiger partial charge in [-0.1, -0.05) is 18.2 Å². The molecule has 0 aliphatic rings. The van der Waals surface area contributed by atoms with E-state index in [1.165, 1.54) is 0 Å². The molecule has 0 saturated carbocycles. The number of para-hydroxylation sites is 1. The predicted octanol–water partition coefficient (Wildman–Crippen LogP) is 1.58. The van der Waals surface area contributed by atoms with Gasteiger partial charge in [0, 0.05) is 26.5 Å². The maximum Gasteiger partial charge on any atom is 0.274 e. The summed E-state index contributed by atoms with van der Waals surface area (Å²) in [5, 5.41) is 5.22. The van der Waals surface area contributed by atoms with Crippen molar-refractivity contribution < 1.29 is 4.79 Å². The van der Waals surface area contributed by atoms with Gasteiger partial charge >= 0.3 is 0 Å². The Morgan fingerprint density at radius 3 is 2.69 bits per heavy atom. The number of rotatable bonds is 1. The van der Waals surface area contributed by atoms with Gasteiger partial charge in [-0.3, -0.25) is 9.48 Å². The zero-order chi connectivity index (χ0) is 11.9. The number of benzene rings is 1. The number of aromatic nitrogens is 2. The van der Waals surface area contributed by atoms with Gasteiger partial charge in [-0.15, -0.1) is 0 Å². The summed E-state index contributed by atoms with van der Waals surface area (Å²) < 4.78 is 1.77. The van der Waals surface area contributed by atoms with Crippen LogP contribution in [0.25, 0.3) is 10.9 Å². The number of hydrogen-bond acceptors (Lipinski definition) is 2. The van der Waals surface area contributed by atoms with Crippen LogP contribution in [0.1, 0.15) is 16.1 Å². The van der Waals surface area contributed by atoms with E-state index in [1.54, 1.807) is 23.7 Å². The number of nitrogens with zero attached hydrogens (tertiary/aromatic N) is 3. The fourth-order valence-corrected chi connectivity index (χ4v) is 1.90. The Morgan fingerprint density at radius 2 is 2.06 bits per heavy atom. The Morgan fingerprint density at radius 1 is 1.38 bits per heavy atom. The molecule has 1 amide bonds. The van der Waals surface area contributed by atoms with Crippen LogP contribution in [0, 0.1) is 6.92 Å². The Bertz CT molecular complexity index is 555. The molecule has 0 aliphatic heterocycles. The van der Waals surface area contributed by atoms with E-state index in [0.717, 1.165) is 16.5 Å². The Kier molecular flexibility index (Phi) is 2.42. The summed E-state index contributed by atoms with van der Waals surface area (Å²) in [6.45, 7) is 2.02. The van der Waals surface area contributed by atoms with Crippen LogP contribution in [0.4, 0.5) is 0 Å². The van der Waals surface area contributed by atoms with E-state index in [2.05, 4.69) is 5.10 Å². The molecule has 1 aromatic carbocycles. The van der Waals surface area contributed by atoms with Crippen molar-refractivity contribution in [3.05, 3.63) is 29.5 Å². The molecule has 0 saturated heterocycles. The lowest BCUT2D eigenvalue weighted by Gasteiger charge is -2.07. The highest BCUT2D eigenvalue weighted by Crippen LogP contribution is 2.21. The van der Waals surface area contributed by atoms with E-state index in [9.17, 15) is 4.79 Å². The van der Waals surface area contributed by atoms with Gasteiger partial charge in [0.15, 0.2) is 5.69 Å². The third kappa shape index (κ3) is 1.46. The van der Waals surface area contributed by atoms with E-state index >= 15 is 0 Å². The summed E-state index contributed by atoms with van der Waals surface area (Å²) >= 11 is 0. The average Bonchev–Trinajstić information content (AvgIpc) is 2.56. The standard InChI is InChI=1S/C12H15N3O/c1-8-6-5-7-9-10(12(16)14(2)3)13-15(4)11(8)9/h5-7H,1-4H3. The van der Waals surface area contributed by atoms with Crippen molar-refractivity contribution in [1.82, 2.24) is 14.7 Å². The molecule has 0 aliphatic carbocycles. The predicted molar refractivity (Wildman–Crippen MR) is 63.5 cm³/mol. The van der Waals surface area contributed by atoms with Gasteiger partial charge in [-0.25, -0.2) is 0 Å². The molecule has 0 N–H and O–H groups in total. The molecule has 0 atom stereocenters. The molecule has 84 valence electrons. The SMILES string of the molecule is Cc1cccc2c(C(=O)N(C)C)nn(C)c12. The zero-order valence-corrected chi connectivity index (χ0v) is 9.98. The number of carbonyl (C=O) groups excluding carboxylic acids is 1. The van der Waals surface area contributed by atoms with E-state index < -0.39 is 0 Å². The second-order valence-corrected chi connectivity index (χ2v) is 4.14. The first-order valence-corrected chi connectivity index (χ1v) is 5.16. The minimum absolute atomic E-state index is 0.0591. The maximum atomic E-state index is 11.9. The number of amides is 1. The first-order valence-electron chi connectivity index (χ1n) is 5.16. The lowest BCUT2D eigenvalue weighted by Crippen LogP contribution is -2.22. The summed E-state index contributed by atoms with van der Waals surface area (Å²) in [5.74, 6) is -0.0591. The fraction of sp³-hybridized carbons (Fsp3) is 0.333. The van der Waals surface area contributed by atoms with E-state index in [-0.39, 0.29) is 5.91 Å². The van der Waals surface area contributed by atoms with Crippen LogP contribution in [0.3, 0.4) is 0 Å². The van der Waals surface area contributed by atoms with Crippen LogP contribution in [-0.4, -0.2) is 34.7 Å². The molecule has 4 nitrogen and oxygen atoms in total. The number of hydrogen-bond donors (Lipinski definition) is 0. The van der Waals surface area contributed by atoms with Crippen LogP contribution in [0.5, 0.6) is 0 Å². The fourth-order valence-electron chi connectivity index (χ4n) is 1.90. The third-order valence-electron chi connectivity index (χ3n) is 2.68. The monoisotopic (exact) mass is 217 g/mol. The van der Waals surface area contributed by atoms with E-state index in [4.69, 9.17) is 0 Å². The molecule has 4 heteroatoms. The van der Waals surface area contributed by atoms with Crippen molar-refractivity contribution in [2.24, 2.45) is 7.05 Å². The molecule has 1 aromatic heterocycles. The quantitative estimate of drug-likeness (QED) is 0.727. The van der Waals surface area contributed by atoms with Crippen molar-refractivity contribution in [1.29, 1.82) is 0 Å². The highest BCUT2D eigenvalue weighted by atomic mass is 16.2. The highest BCUT2D eigenvalue weighted by molar-refractivity contribution is 6.05. The van der Waals surface area contributed by atoms with Crippen molar-refractivity contribution in [3.8, 4) is 0 Å². The molecule has 0 unspecified atom stereocenters. The topological polar surface area (TPSA) is 38.1 Å². The summed E-state index contributed by atoms with van der Waals surface area (Å²) in [6, 6.07) is 5.91. The Hall–Kier alpha value is -1.84. The minimum atomic E-state index is -0.0591. The molecule has 0 spiro atoms. The van der Waals surface area contributed by atoms with Gasteiger partial charge < -0.3 is 4.90 Å². The van der Waals surface area contributed by atoms with Crippen molar-refractivity contribution >= 4 is 16.8 Å². The second kappa shape index (κ2) is 3.63. The smallest absolute Gasteiger partial charge is 0.274 e. The summed E-state index contributed by atoms with van der Waals surface area (Å²) in [4.78, 5) is 13.5. The molecular weight excluding hydrogens is 202 g/mol. The number of carbonyl (C=O) groups is 1. The molecule has 0 bridgehead atoms. The van der Waals surface area contributed by atoms with Gasteiger partial charge in [0.2, 0.25) is 0 Å². The van der Waals surface area contributed by atoms with Crippen molar-refractivity contribution in [2.45, 2.75) is 6.92 Å². The molecule has 2 rings (SSSR count). The van der Waals surface area contributed by atoms with Gasteiger partial charge in [0.25, 0.3) is 5.91 Å². The normalized spacial score (nSPS) is 10.8. The van der Waals surface area contributed by atoms with Crippen LogP contribution in [-0.2, 0) is 7.05 Å². The lowest BCUT2D eigenvalue weighted by atomic mass is 10.1. The summed E-state index contributed by atoms with van der Waals surface area (Å²) in [6.07, 6.45) is 0. The highest BCUT2D eigenvalue weighted by Gasteiger charge is 2.17. The van der Waals surface area contributed by atoms with Crippen molar-refractivity contribution in [3.63, 3.8) is 0 Å². The van der Waals surface area contributed by atoms with Gasteiger partial charge in [0.05, 0.1) is 5.52 Å². The molecule has 0 fully saturated rings. The third-order valence-corrected chi connectivity index (χ3v) is 2.68. The Labute approximate surface area is 94.5 Å². The molecular formula is C12H15N3O. The first kappa shape index (κ1) is 10.7.